The second-order valence-electron chi connectivity index (χ2n) is 12.2. The molecule has 4 amide bonds. The van der Waals surface area contributed by atoms with Crippen LogP contribution in [0.2, 0.25) is 0 Å². The number of hydrogen-bond acceptors (Lipinski definition) is 6. The molecule has 2 aromatic rings. The Morgan fingerprint density at radius 1 is 0.978 bits per heavy atom. The van der Waals surface area contributed by atoms with E-state index in [4.69, 9.17) is 4.74 Å². The summed E-state index contributed by atoms with van der Waals surface area (Å²) in [6, 6.07) is 15.6. The molecule has 0 radical (unpaired) electrons. The Morgan fingerprint density at radius 3 is 2.31 bits per heavy atom. The average molecular weight is 640 g/mol. The number of carbonyl (C=O) groups excluding carboxylic acids is 4. The van der Waals surface area contributed by atoms with Gasteiger partial charge in [-0.1, -0.05) is 61.7 Å². The maximum atomic E-state index is 14.4. The van der Waals surface area contributed by atoms with Gasteiger partial charge in [0.25, 0.3) is 0 Å². The van der Waals surface area contributed by atoms with Crippen LogP contribution in [0.3, 0.4) is 0 Å². The Morgan fingerprint density at radius 2 is 1.67 bits per heavy atom. The van der Waals surface area contributed by atoms with Gasteiger partial charge in [-0.3, -0.25) is 19.2 Å². The summed E-state index contributed by atoms with van der Waals surface area (Å²) in [7, 11) is 3.32. The van der Waals surface area contributed by atoms with Crippen molar-refractivity contribution in [1.82, 2.24) is 25.3 Å². The van der Waals surface area contributed by atoms with Gasteiger partial charge in [0, 0.05) is 13.0 Å². The third kappa shape index (κ3) is 7.79. The number of likely N-dealkylation sites (N-methyl/N-ethyl adjacent to an activating group) is 1. The van der Waals surface area contributed by atoms with Gasteiger partial charge < -0.3 is 30.1 Å². The highest BCUT2D eigenvalue weighted by Gasteiger charge is 2.52. The summed E-state index contributed by atoms with van der Waals surface area (Å²) in [5.74, 6) is -0.119. The van der Waals surface area contributed by atoms with E-state index < -0.39 is 24.3 Å². The predicted molar refractivity (Wildman–Crippen MR) is 174 cm³/mol. The lowest BCUT2D eigenvalue weighted by molar-refractivity contribution is -0.156. The molecule has 0 aromatic heterocycles. The first-order valence-corrected chi connectivity index (χ1v) is 15.9. The fourth-order valence-electron chi connectivity index (χ4n) is 6.78. The van der Waals surface area contributed by atoms with Crippen LogP contribution in [0, 0.1) is 5.92 Å². The minimum atomic E-state index is -0.741. The molecule has 11 heteroatoms. The molecule has 0 bridgehead atoms. The van der Waals surface area contributed by atoms with Gasteiger partial charge in [0.15, 0.2) is 0 Å². The number of hydrogen-bond donors (Lipinski definition) is 2. The topological polar surface area (TPSA) is 111 Å². The van der Waals surface area contributed by atoms with Crippen molar-refractivity contribution in [2.24, 2.45) is 5.92 Å². The van der Waals surface area contributed by atoms with E-state index in [9.17, 15) is 19.2 Å². The van der Waals surface area contributed by atoms with Gasteiger partial charge in [-0.05, 0) is 62.4 Å². The summed E-state index contributed by atoms with van der Waals surface area (Å²) in [6.45, 7) is 2.37. The number of nitrogens with one attached hydrogen (secondary N) is 2. The molecule has 1 aliphatic carbocycles. The monoisotopic (exact) mass is 639 g/mol. The highest BCUT2D eigenvalue weighted by molar-refractivity contribution is 5.97. The van der Waals surface area contributed by atoms with Crippen LogP contribution < -0.4 is 15.4 Å². The number of piperazine rings is 1. The molecule has 2 aliphatic heterocycles. The molecule has 1 saturated carbocycles. The summed E-state index contributed by atoms with van der Waals surface area (Å²) in [4.78, 5) is 60.2. The molecule has 2 saturated heterocycles. The number of rotatable bonds is 11. The van der Waals surface area contributed by atoms with E-state index in [1.54, 1.807) is 35.8 Å². The molecule has 3 aliphatic rings. The van der Waals surface area contributed by atoms with E-state index in [1.807, 2.05) is 54.6 Å². The van der Waals surface area contributed by atoms with Crippen molar-refractivity contribution in [3.63, 3.8) is 0 Å². The van der Waals surface area contributed by atoms with Crippen LogP contribution in [0.25, 0.3) is 0 Å². The van der Waals surface area contributed by atoms with Gasteiger partial charge in [0.05, 0.1) is 19.7 Å². The van der Waals surface area contributed by atoms with Crippen molar-refractivity contribution in [2.45, 2.75) is 76.2 Å². The van der Waals surface area contributed by atoms with Gasteiger partial charge in [-0.15, -0.1) is 12.4 Å². The molecule has 2 aromatic carbocycles. The molecule has 45 heavy (non-hydrogen) atoms. The fourth-order valence-corrected chi connectivity index (χ4v) is 6.78. The van der Waals surface area contributed by atoms with E-state index in [2.05, 4.69) is 10.6 Å². The number of amides is 4. The molecule has 4 atom stereocenters. The molecule has 244 valence electrons. The van der Waals surface area contributed by atoms with Crippen LogP contribution >= 0.6 is 12.4 Å². The third-order valence-corrected chi connectivity index (χ3v) is 9.49. The van der Waals surface area contributed by atoms with E-state index in [-0.39, 0.29) is 55.0 Å². The SMILES string of the molecule is CN[C@@H](C)C(=O)N[C@H](C(=O)N1CC(=O)N2[C@@H]1CN(CCc1ccccc1)C(=O)[C@@H]2Cc1ccc(OC)cc1)C1CCCCC1.Cl. The first-order valence-electron chi connectivity index (χ1n) is 15.9. The summed E-state index contributed by atoms with van der Waals surface area (Å²) >= 11 is 0. The lowest BCUT2D eigenvalue weighted by Crippen LogP contribution is -2.66. The van der Waals surface area contributed by atoms with E-state index >= 15 is 0 Å². The Labute approximate surface area is 272 Å². The molecule has 2 N–H and O–H groups in total. The number of methoxy groups -OCH3 is 1. The lowest BCUT2D eigenvalue weighted by Gasteiger charge is -2.45. The van der Waals surface area contributed by atoms with E-state index in [0.717, 1.165) is 43.2 Å². The maximum absolute atomic E-state index is 14.4. The normalized spacial score (nSPS) is 21.5. The summed E-state index contributed by atoms with van der Waals surface area (Å²) in [5.41, 5.74) is 2.02. The Kier molecular flexibility index (Phi) is 11.9. The third-order valence-electron chi connectivity index (χ3n) is 9.49. The van der Waals surface area contributed by atoms with Crippen molar-refractivity contribution in [1.29, 1.82) is 0 Å². The van der Waals surface area contributed by atoms with Crippen molar-refractivity contribution < 1.29 is 23.9 Å². The Balaban J connectivity index is 0.00000461. The first-order chi connectivity index (χ1) is 21.3. The molecule has 3 fully saturated rings. The zero-order valence-corrected chi connectivity index (χ0v) is 27.3. The molecule has 10 nitrogen and oxygen atoms in total. The van der Waals surface area contributed by atoms with E-state index in [1.165, 1.54) is 0 Å². The van der Waals surface area contributed by atoms with Gasteiger partial charge >= 0.3 is 0 Å². The minimum absolute atomic E-state index is 0. The van der Waals surface area contributed by atoms with Crippen molar-refractivity contribution in [3.8, 4) is 5.75 Å². The second kappa shape index (κ2) is 15.6. The number of ether oxygens (including phenoxy) is 1. The zero-order chi connectivity index (χ0) is 31.2. The van der Waals surface area contributed by atoms with Crippen LogP contribution in [0.4, 0.5) is 0 Å². The average Bonchev–Trinajstić information content (AvgIpc) is 3.39. The van der Waals surface area contributed by atoms with Gasteiger partial charge in [-0.25, -0.2) is 0 Å². The Hall–Kier alpha value is -3.63. The number of fused-ring (bicyclic) bond motifs is 1. The number of benzene rings is 2. The number of halogens is 1. The minimum Gasteiger partial charge on any atom is -0.497 e. The van der Waals surface area contributed by atoms with Gasteiger partial charge in [0.1, 0.15) is 30.5 Å². The highest BCUT2D eigenvalue weighted by Crippen LogP contribution is 2.32. The highest BCUT2D eigenvalue weighted by atomic mass is 35.5. The quantitative estimate of drug-likeness (QED) is 0.391. The van der Waals surface area contributed by atoms with Gasteiger partial charge in [-0.2, -0.15) is 0 Å². The summed E-state index contributed by atoms with van der Waals surface area (Å²) in [6.07, 6.45) is 5.22. The number of carbonyl (C=O) groups is 4. The van der Waals surface area contributed by atoms with Crippen LogP contribution in [0.5, 0.6) is 5.75 Å². The summed E-state index contributed by atoms with van der Waals surface area (Å²) < 4.78 is 5.30. The number of nitrogens with zero attached hydrogens (tertiary/aromatic N) is 3. The van der Waals surface area contributed by atoms with Gasteiger partial charge in [0.2, 0.25) is 23.6 Å². The fraction of sp³-hybridized carbons (Fsp3) is 0.529. The van der Waals surface area contributed by atoms with Crippen molar-refractivity contribution in [2.75, 3.05) is 33.8 Å². The summed E-state index contributed by atoms with van der Waals surface area (Å²) in [5, 5.41) is 5.99. The maximum Gasteiger partial charge on any atom is 0.247 e. The largest absolute Gasteiger partial charge is 0.497 e. The van der Waals surface area contributed by atoms with Crippen LogP contribution in [-0.4, -0.2) is 96.4 Å². The van der Waals surface area contributed by atoms with Crippen molar-refractivity contribution >= 4 is 36.0 Å². The molecular formula is C34H46ClN5O5. The van der Waals surface area contributed by atoms with Crippen LogP contribution in [0.15, 0.2) is 54.6 Å². The van der Waals surface area contributed by atoms with Crippen LogP contribution in [-0.2, 0) is 32.0 Å². The van der Waals surface area contributed by atoms with E-state index in [0.29, 0.717) is 25.1 Å². The lowest BCUT2D eigenvalue weighted by atomic mass is 9.83. The molecule has 0 unspecified atom stereocenters. The Bertz CT molecular complexity index is 1320. The van der Waals surface area contributed by atoms with Crippen LogP contribution in [0.1, 0.15) is 50.2 Å². The standard InChI is InChI=1S/C34H45N5O5.ClH/c1-23(35-2)32(41)36-31(26-12-8-5-9-13-26)34(43)38-22-30(40)39-28(20-25-14-16-27(44-3)17-15-25)33(42)37(21-29(38)39)19-18-24-10-6-4-7-11-24;/h4,6-7,10-11,14-17,23,26,28-29,31,35H,5,8-9,12-13,18-22H2,1-3H3,(H,36,41);1H/t23-,28-,29+,31-;/m0./s1. The smallest absolute Gasteiger partial charge is 0.247 e. The molecule has 5 rings (SSSR count). The molecule has 0 spiro atoms. The van der Waals surface area contributed by atoms with Crippen molar-refractivity contribution in [3.05, 3.63) is 65.7 Å². The first kappa shape index (κ1) is 34.2. The molecule has 2 heterocycles. The zero-order valence-electron chi connectivity index (χ0n) is 26.4. The predicted octanol–water partition coefficient (Wildman–Crippen LogP) is 2.78. The molecular weight excluding hydrogens is 594 g/mol. The second-order valence-corrected chi connectivity index (χ2v) is 12.2.